The van der Waals surface area contributed by atoms with Gasteiger partial charge in [0.25, 0.3) is 11.5 Å². The number of amides is 1. The summed E-state index contributed by atoms with van der Waals surface area (Å²) in [5.74, 6) is -0.0854. The average Bonchev–Trinajstić information content (AvgIpc) is 2.99. The summed E-state index contributed by atoms with van der Waals surface area (Å²) in [4.78, 5) is 42.1. The van der Waals surface area contributed by atoms with E-state index in [1.807, 2.05) is 25.2 Å². The molecule has 0 radical (unpaired) electrons. The molecule has 0 atom stereocenters. The molecule has 8 heteroatoms. The highest BCUT2D eigenvalue weighted by molar-refractivity contribution is 6.06. The molecule has 0 fully saturated rings. The van der Waals surface area contributed by atoms with Crippen LogP contribution in [0, 0.1) is 6.92 Å². The van der Waals surface area contributed by atoms with Gasteiger partial charge in [-0.05, 0) is 30.7 Å². The summed E-state index contributed by atoms with van der Waals surface area (Å²) in [7, 11) is 1.82. The normalized spacial score (nSPS) is 10.9. The van der Waals surface area contributed by atoms with Crippen LogP contribution in [-0.2, 0) is 24.3 Å². The second-order valence-corrected chi connectivity index (χ2v) is 6.08. The maximum Gasteiger partial charge on any atom is 0.262 e. The van der Waals surface area contributed by atoms with Crippen LogP contribution in [0.4, 0.5) is 0 Å². The summed E-state index contributed by atoms with van der Waals surface area (Å²) < 4.78 is 5.43. The highest BCUT2D eigenvalue weighted by Gasteiger charge is 2.21. The number of hydrogen-bond acceptors (Lipinski definition) is 6. The Morgan fingerprint density at radius 1 is 1.30 bits per heavy atom. The van der Waals surface area contributed by atoms with Crippen molar-refractivity contribution in [1.29, 1.82) is 0 Å². The van der Waals surface area contributed by atoms with Crippen LogP contribution in [0.15, 0.2) is 33.7 Å². The van der Waals surface area contributed by atoms with Gasteiger partial charge in [0, 0.05) is 19.5 Å². The third-order valence-electron chi connectivity index (χ3n) is 4.36. The number of carbonyl (C=O) groups excluding carboxylic acids is 2. The highest BCUT2D eigenvalue weighted by atomic mass is 16.3. The van der Waals surface area contributed by atoms with Gasteiger partial charge in [0.15, 0.2) is 0 Å². The summed E-state index contributed by atoms with van der Waals surface area (Å²) in [5, 5.41) is 6.05. The zero-order valence-corrected chi connectivity index (χ0v) is 15.1. The number of carbonyl (C=O) groups is 2. The monoisotopic (exact) mass is 368 g/mol. The zero-order chi connectivity index (χ0) is 19.4. The third-order valence-corrected chi connectivity index (χ3v) is 4.36. The quantitative estimate of drug-likeness (QED) is 0.540. The highest BCUT2D eigenvalue weighted by Crippen LogP contribution is 2.21. The molecule has 27 heavy (non-hydrogen) atoms. The lowest BCUT2D eigenvalue weighted by Crippen LogP contribution is -2.26. The second-order valence-electron chi connectivity index (χ2n) is 6.08. The van der Waals surface area contributed by atoms with E-state index in [1.165, 1.54) is 6.33 Å². The number of aryl methyl sites for hydroxylation is 1. The summed E-state index contributed by atoms with van der Waals surface area (Å²) >= 11 is 0. The van der Waals surface area contributed by atoms with Gasteiger partial charge in [-0.3, -0.25) is 9.59 Å². The van der Waals surface area contributed by atoms with E-state index < -0.39 is 11.5 Å². The number of furan rings is 1. The van der Waals surface area contributed by atoms with Crippen LogP contribution >= 0.6 is 0 Å². The average molecular weight is 368 g/mol. The van der Waals surface area contributed by atoms with E-state index in [2.05, 4.69) is 20.6 Å². The Bertz CT molecular complexity index is 1050. The molecule has 2 aromatic heterocycles. The molecule has 1 aromatic carbocycles. The number of H-pyrrole nitrogens is 1. The van der Waals surface area contributed by atoms with Gasteiger partial charge in [-0.2, -0.15) is 0 Å². The van der Waals surface area contributed by atoms with Crippen LogP contribution in [0.3, 0.4) is 0 Å². The Kier molecular flexibility index (Phi) is 5.46. The van der Waals surface area contributed by atoms with Crippen molar-refractivity contribution in [1.82, 2.24) is 20.6 Å². The zero-order valence-electron chi connectivity index (χ0n) is 15.1. The van der Waals surface area contributed by atoms with E-state index in [0.29, 0.717) is 18.7 Å². The third kappa shape index (κ3) is 3.65. The number of rotatable bonds is 7. The molecule has 0 bridgehead atoms. The number of aromatic nitrogens is 2. The molecule has 3 N–H and O–H groups in total. The van der Waals surface area contributed by atoms with E-state index in [4.69, 9.17) is 4.42 Å². The van der Waals surface area contributed by atoms with E-state index in [9.17, 15) is 14.4 Å². The summed E-state index contributed by atoms with van der Waals surface area (Å²) in [6, 6.07) is 5.65. The van der Waals surface area contributed by atoms with Gasteiger partial charge in [0.1, 0.15) is 17.4 Å². The number of aromatic amines is 1. The molecule has 0 saturated carbocycles. The summed E-state index contributed by atoms with van der Waals surface area (Å²) in [6.07, 6.45) is 2.40. The summed E-state index contributed by atoms with van der Waals surface area (Å²) in [5.41, 5.74) is 2.67. The Hall–Kier alpha value is -3.26. The van der Waals surface area contributed by atoms with Crippen LogP contribution in [0.1, 0.15) is 32.8 Å². The smallest absolute Gasteiger partial charge is 0.262 e. The fourth-order valence-electron chi connectivity index (χ4n) is 3.13. The van der Waals surface area contributed by atoms with Crippen molar-refractivity contribution in [2.24, 2.45) is 0 Å². The van der Waals surface area contributed by atoms with E-state index in [1.54, 1.807) is 6.92 Å². The van der Waals surface area contributed by atoms with Crippen molar-refractivity contribution >= 4 is 23.3 Å². The lowest BCUT2D eigenvalue weighted by molar-refractivity contribution is -0.107. The Morgan fingerprint density at radius 3 is 2.81 bits per heavy atom. The molecule has 0 aliphatic carbocycles. The predicted molar refractivity (Wildman–Crippen MR) is 99.5 cm³/mol. The molecule has 0 aliphatic rings. The van der Waals surface area contributed by atoms with Gasteiger partial charge in [-0.15, -0.1) is 0 Å². The number of nitrogens with one attached hydrogen (secondary N) is 3. The first-order valence-corrected chi connectivity index (χ1v) is 8.49. The molecule has 3 aromatic rings. The second kappa shape index (κ2) is 7.96. The van der Waals surface area contributed by atoms with E-state index in [0.717, 1.165) is 23.0 Å². The minimum atomic E-state index is -0.425. The van der Waals surface area contributed by atoms with Gasteiger partial charge >= 0.3 is 0 Å². The molecule has 1 amide bonds. The van der Waals surface area contributed by atoms with E-state index >= 15 is 0 Å². The maximum atomic E-state index is 12.7. The largest absolute Gasteiger partial charge is 0.442 e. The lowest BCUT2D eigenvalue weighted by atomic mass is 9.98. The molecule has 0 aliphatic heterocycles. The standard InChI is InChI=1S/C19H20N4O4/c1-11-15(16-18(26)22-10-23-19(16)27-11)17(25)21-8-13-5-3-4-12(6-7-24)14(13)9-20-2/h3-5,7,10,20H,6,8-9H2,1-2H3,(H,21,25)(H,22,23,26). The predicted octanol–water partition coefficient (Wildman–Crippen LogP) is 1.22. The fraction of sp³-hybridized carbons (Fsp3) is 0.263. The first-order chi connectivity index (χ1) is 13.1. The fourth-order valence-corrected chi connectivity index (χ4v) is 3.13. The van der Waals surface area contributed by atoms with Crippen LogP contribution < -0.4 is 16.2 Å². The molecule has 8 nitrogen and oxygen atoms in total. The Morgan fingerprint density at radius 2 is 2.07 bits per heavy atom. The maximum absolute atomic E-state index is 12.7. The minimum absolute atomic E-state index is 0.130. The van der Waals surface area contributed by atoms with Gasteiger partial charge < -0.3 is 24.8 Å². The Labute approximate surface area is 155 Å². The van der Waals surface area contributed by atoms with Gasteiger partial charge in [-0.25, -0.2) is 4.98 Å². The number of nitrogens with zero attached hydrogens (tertiary/aromatic N) is 1. The molecule has 0 saturated heterocycles. The van der Waals surface area contributed by atoms with E-state index in [-0.39, 0.29) is 23.2 Å². The van der Waals surface area contributed by atoms with Crippen LogP contribution in [-0.4, -0.2) is 29.2 Å². The Balaban J connectivity index is 1.89. The minimum Gasteiger partial charge on any atom is -0.442 e. The lowest BCUT2D eigenvalue weighted by Gasteiger charge is -2.14. The van der Waals surface area contributed by atoms with Gasteiger partial charge in [0.2, 0.25) is 5.71 Å². The van der Waals surface area contributed by atoms with Crippen LogP contribution in [0.2, 0.25) is 0 Å². The van der Waals surface area contributed by atoms with Crippen molar-refractivity contribution in [2.75, 3.05) is 7.05 Å². The molecule has 0 spiro atoms. The molecule has 2 heterocycles. The molecular formula is C19H20N4O4. The SMILES string of the molecule is CNCc1c(CC=O)cccc1CNC(=O)c1c(C)oc2nc[nH]c(=O)c12. The number of aldehydes is 1. The van der Waals surface area contributed by atoms with Crippen molar-refractivity contribution in [3.8, 4) is 0 Å². The van der Waals surface area contributed by atoms with Crippen LogP contribution in [0.5, 0.6) is 0 Å². The molecule has 3 rings (SSSR count). The van der Waals surface area contributed by atoms with Crippen molar-refractivity contribution < 1.29 is 14.0 Å². The topological polar surface area (TPSA) is 117 Å². The van der Waals surface area contributed by atoms with Gasteiger partial charge in [-0.1, -0.05) is 18.2 Å². The van der Waals surface area contributed by atoms with Crippen molar-refractivity contribution in [3.63, 3.8) is 0 Å². The van der Waals surface area contributed by atoms with Crippen molar-refractivity contribution in [3.05, 3.63) is 62.9 Å². The molecular weight excluding hydrogens is 348 g/mol. The number of hydrogen-bond donors (Lipinski definition) is 3. The number of fused-ring (bicyclic) bond motifs is 1. The van der Waals surface area contributed by atoms with Gasteiger partial charge in [0.05, 0.1) is 11.9 Å². The first-order valence-electron chi connectivity index (χ1n) is 8.49. The first kappa shape index (κ1) is 18.5. The molecule has 0 unspecified atom stereocenters. The van der Waals surface area contributed by atoms with Crippen molar-refractivity contribution in [2.45, 2.75) is 26.4 Å². The van der Waals surface area contributed by atoms with Crippen LogP contribution in [0.25, 0.3) is 11.1 Å². The summed E-state index contributed by atoms with van der Waals surface area (Å²) in [6.45, 7) is 2.45. The molecule has 140 valence electrons. The number of benzene rings is 1.